The number of nitrogens with zero attached hydrogens (tertiary/aromatic N) is 2. The van der Waals surface area contributed by atoms with Crippen molar-refractivity contribution in [1.29, 1.82) is 0 Å². The van der Waals surface area contributed by atoms with Gasteiger partial charge in [0.1, 0.15) is 6.23 Å². The number of hydrogen-bond donors (Lipinski definition) is 0. The number of rotatable bonds is 2. The average Bonchev–Trinajstić information content (AvgIpc) is 2.94. The summed E-state index contributed by atoms with van der Waals surface area (Å²) in [5.41, 5.74) is 0.274. The van der Waals surface area contributed by atoms with Crippen LogP contribution in [0.15, 0.2) is 12.5 Å². The van der Waals surface area contributed by atoms with Crippen LogP contribution in [0.5, 0.6) is 0 Å². The van der Waals surface area contributed by atoms with Crippen molar-refractivity contribution < 1.29 is 14.0 Å². The van der Waals surface area contributed by atoms with Gasteiger partial charge in [-0.1, -0.05) is 0 Å². The van der Waals surface area contributed by atoms with E-state index in [0.717, 1.165) is 25.0 Å². The molecule has 2 fully saturated rings. The summed E-state index contributed by atoms with van der Waals surface area (Å²) in [4.78, 5) is 4.26. The maximum absolute atomic E-state index is 6.10. The first kappa shape index (κ1) is 14.1. The van der Waals surface area contributed by atoms with Crippen molar-refractivity contribution >= 4 is 12.7 Å². The zero-order chi connectivity index (χ0) is 14.4. The van der Waals surface area contributed by atoms with Gasteiger partial charge in [0.15, 0.2) is 0 Å². The van der Waals surface area contributed by atoms with Gasteiger partial charge in [-0.25, -0.2) is 4.98 Å². The molecule has 2 aliphatic heterocycles. The fourth-order valence-electron chi connectivity index (χ4n) is 2.64. The monoisotopic (exact) mass is 278 g/mol. The lowest BCUT2D eigenvalue weighted by molar-refractivity contribution is -0.0306. The summed E-state index contributed by atoms with van der Waals surface area (Å²) in [5, 5.41) is 0. The van der Waals surface area contributed by atoms with Crippen LogP contribution in [0.3, 0.4) is 0 Å². The molecule has 6 heteroatoms. The summed E-state index contributed by atoms with van der Waals surface area (Å²) in [6.45, 7) is 9.05. The largest absolute Gasteiger partial charge is 0.514 e. The fraction of sp³-hybridized carbons (Fsp3) is 0.786. The van der Waals surface area contributed by atoms with Gasteiger partial charge in [-0.15, -0.1) is 0 Å². The third-order valence-electron chi connectivity index (χ3n) is 4.66. The van der Waals surface area contributed by atoms with Crippen molar-refractivity contribution in [1.82, 2.24) is 9.55 Å². The van der Waals surface area contributed by atoms with Crippen LogP contribution in [0.2, 0.25) is 0 Å². The fourth-order valence-corrected chi connectivity index (χ4v) is 2.64. The lowest BCUT2D eigenvalue weighted by Gasteiger charge is -2.32. The van der Waals surface area contributed by atoms with Crippen molar-refractivity contribution in [2.24, 2.45) is 0 Å². The van der Waals surface area contributed by atoms with Gasteiger partial charge in [-0.05, 0) is 47.0 Å². The topological polar surface area (TPSA) is 45.5 Å². The standard InChI is InChI=1S/C14H23BN2O3/c1-13(2)14(3,4)20-15(19-13)11-9-16-10-17(11)12-7-5-6-8-18-12/h9-10,12H,5-8H2,1-4H3. The smallest absolute Gasteiger partial charge is 0.398 e. The van der Waals surface area contributed by atoms with Gasteiger partial charge in [-0.3, -0.25) is 0 Å². The normalized spacial score (nSPS) is 28.8. The predicted octanol–water partition coefficient (Wildman–Crippen LogP) is 1.88. The van der Waals surface area contributed by atoms with E-state index < -0.39 is 0 Å². The van der Waals surface area contributed by atoms with Gasteiger partial charge < -0.3 is 18.6 Å². The van der Waals surface area contributed by atoms with Crippen molar-refractivity contribution in [2.45, 2.75) is 64.4 Å². The van der Waals surface area contributed by atoms with Gasteiger partial charge in [0.2, 0.25) is 0 Å². The highest BCUT2D eigenvalue weighted by molar-refractivity contribution is 6.61. The highest BCUT2D eigenvalue weighted by atomic mass is 16.7. The summed E-state index contributed by atoms with van der Waals surface area (Å²) in [6.07, 6.45) is 7.03. The molecule has 0 spiro atoms. The van der Waals surface area contributed by atoms with E-state index in [9.17, 15) is 0 Å². The Hall–Kier alpha value is -0.845. The first-order chi connectivity index (χ1) is 9.41. The molecule has 0 radical (unpaired) electrons. The Bertz CT molecular complexity index is 465. The Kier molecular flexibility index (Phi) is 3.43. The molecule has 0 amide bonds. The molecular formula is C14H23BN2O3. The summed E-state index contributed by atoms with van der Waals surface area (Å²) in [6, 6.07) is 0. The van der Waals surface area contributed by atoms with Crippen LogP contribution >= 0.6 is 0 Å². The molecule has 20 heavy (non-hydrogen) atoms. The molecule has 0 saturated carbocycles. The number of imidazole rings is 1. The van der Waals surface area contributed by atoms with Crippen LogP contribution in [0.1, 0.15) is 53.2 Å². The predicted molar refractivity (Wildman–Crippen MR) is 76.8 cm³/mol. The van der Waals surface area contributed by atoms with Crippen molar-refractivity contribution in [3.05, 3.63) is 12.5 Å². The third-order valence-corrected chi connectivity index (χ3v) is 4.66. The van der Waals surface area contributed by atoms with Crippen LogP contribution in [0.4, 0.5) is 0 Å². The van der Waals surface area contributed by atoms with Gasteiger partial charge in [-0.2, -0.15) is 0 Å². The molecule has 110 valence electrons. The first-order valence-corrected chi connectivity index (χ1v) is 7.40. The minimum Gasteiger partial charge on any atom is -0.398 e. The van der Waals surface area contributed by atoms with Gasteiger partial charge in [0.25, 0.3) is 0 Å². The zero-order valence-corrected chi connectivity index (χ0v) is 12.8. The highest BCUT2D eigenvalue weighted by Gasteiger charge is 2.53. The Morgan fingerprint density at radius 2 is 1.90 bits per heavy atom. The quantitative estimate of drug-likeness (QED) is 0.775. The molecule has 1 aromatic rings. The molecule has 0 bridgehead atoms. The van der Waals surface area contributed by atoms with E-state index >= 15 is 0 Å². The van der Waals surface area contributed by atoms with Crippen LogP contribution in [-0.2, 0) is 14.0 Å². The van der Waals surface area contributed by atoms with Crippen molar-refractivity contribution in [2.75, 3.05) is 6.61 Å². The molecule has 2 saturated heterocycles. The second-order valence-corrected chi connectivity index (χ2v) is 6.64. The molecule has 3 heterocycles. The molecule has 0 aliphatic carbocycles. The van der Waals surface area contributed by atoms with E-state index in [4.69, 9.17) is 14.0 Å². The molecule has 3 rings (SSSR count). The molecule has 5 nitrogen and oxygen atoms in total. The zero-order valence-electron chi connectivity index (χ0n) is 12.8. The van der Waals surface area contributed by atoms with E-state index in [-0.39, 0.29) is 24.5 Å². The first-order valence-electron chi connectivity index (χ1n) is 7.40. The van der Waals surface area contributed by atoms with Gasteiger partial charge in [0, 0.05) is 12.8 Å². The third kappa shape index (κ3) is 2.30. The molecular weight excluding hydrogens is 255 g/mol. The number of ether oxygens (including phenoxy) is 1. The van der Waals surface area contributed by atoms with Crippen LogP contribution < -0.4 is 5.59 Å². The number of aromatic nitrogens is 2. The molecule has 1 unspecified atom stereocenters. The molecule has 1 aromatic heterocycles. The minimum absolute atomic E-state index is 0.0558. The molecule has 2 aliphatic rings. The molecule has 0 N–H and O–H groups in total. The summed E-state index contributed by atoms with van der Waals surface area (Å²) in [5.74, 6) is 0. The van der Waals surface area contributed by atoms with Gasteiger partial charge in [0.05, 0.1) is 23.1 Å². The van der Waals surface area contributed by atoms with Crippen molar-refractivity contribution in [3.8, 4) is 0 Å². The summed E-state index contributed by atoms with van der Waals surface area (Å²) >= 11 is 0. The van der Waals surface area contributed by atoms with Crippen molar-refractivity contribution in [3.63, 3.8) is 0 Å². The summed E-state index contributed by atoms with van der Waals surface area (Å²) in [7, 11) is -0.381. The van der Waals surface area contributed by atoms with E-state index in [1.807, 2.05) is 12.5 Å². The Labute approximate surface area is 120 Å². The van der Waals surface area contributed by atoms with Crippen LogP contribution in [0, 0.1) is 0 Å². The van der Waals surface area contributed by atoms with Crippen LogP contribution in [-0.4, -0.2) is 34.5 Å². The van der Waals surface area contributed by atoms with Gasteiger partial charge >= 0.3 is 7.12 Å². The second-order valence-electron chi connectivity index (χ2n) is 6.64. The SMILES string of the molecule is CC1(C)OB(c2cncn2C2CCCCO2)OC1(C)C. The average molecular weight is 278 g/mol. The Morgan fingerprint density at radius 1 is 1.20 bits per heavy atom. The Morgan fingerprint density at radius 3 is 2.50 bits per heavy atom. The molecule has 1 atom stereocenters. The minimum atomic E-state index is -0.381. The van der Waals surface area contributed by atoms with E-state index in [1.54, 1.807) is 0 Å². The van der Waals surface area contributed by atoms with Crippen LogP contribution in [0.25, 0.3) is 0 Å². The van der Waals surface area contributed by atoms with E-state index in [2.05, 4.69) is 37.2 Å². The maximum atomic E-state index is 6.10. The lowest BCUT2D eigenvalue weighted by atomic mass is 9.85. The molecule has 0 aromatic carbocycles. The number of hydrogen-bond acceptors (Lipinski definition) is 4. The van der Waals surface area contributed by atoms with E-state index in [1.165, 1.54) is 6.42 Å². The highest BCUT2D eigenvalue weighted by Crippen LogP contribution is 2.36. The summed E-state index contributed by atoms with van der Waals surface area (Å²) < 4.78 is 20.1. The maximum Gasteiger partial charge on any atom is 0.514 e. The van der Waals surface area contributed by atoms with E-state index in [0.29, 0.717) is 0 Å². The second kappa shape index (κ2) is 4.86. The lowest BCUT2D eigenvalue weighted by Crippen LogP contribution is -2.41. The Balaban J connectivity index is 1.84.